The number of amides is 2. The Morgan fingerprint density at radius 1 is 1.35 bits per heavy atom. The van der Waals surface area contributed by atoms with Crippen molar-refractivity contribution in [3.8, 4) is 0 Å². The first-order valence-electron chi connectivity index (χ1n) is 8.04. The van der Waals surface area contributed by atoms with E-state index in [1.807, 2.05) is 0 Å². The summed E-state index contributed by atoms with van der Waals surface area (Å²) in [6.45, 7) is 8.94. The van der Waals surface area contributed by atoms with Crippen molar-refractivity contribution in [2.45, 2.75) is 19.9 Å². The topological polar surface area (TPSA) is 60.5 Å². The van der Waals surface area contributed by atoms with Crippen molar-refractivity contribution in [1.82, 2.24) is 20.1 Å². The van der Waals surface area contributed by atoms with E-state index in [0.717, 1.165) is 32.4 Å². The van der Waals surface area contributed by atoms with Crippen LogP contribution in [0.2, 0.25) is 0 Å². The number of pyridine rings is 1. The summed E-state index contributed by atoms with van der Waals surface area (Å²) in [6, 6.07) is 1.32. The van der Waals surface area contributed by atoms with Crippen LogP contribution in [0.1, 0.15) is 13.8 Å². The molecule has 23 heavy (non-hydrogen) atoms. The lowest BCUT2D eigenvalue weighted by molar-refractivity contribution is 0.0890. The SMILES string of the molecule is CC(C)[C@@H](CNC(=O)Nc1ccncc1F)N1CCN(C)CC1. The normalized spacial score (nSPS) is 18.0. The number of likely N-dealkylation sites (N-methyl/N-ethyl adjacent to an activating group) is 1. The number of hydrogen-bond acceptors (Lipinski definition) is 4. The Bertz CT molecular complexity index is 517. The predicted molar refractivity (Wildman–Crippen MR) is 88.9 cm³/mol. The average Bonchev–Trinajstić information content (AvgIpc) is 2.51. The molecule has 0 aromatic carbocycles. The summed E-state index contributed by atoms with van der Waals surface area (Å²) in [5, 5.41) is 5.38. The van der Waals surface area contributed by atoms with Crippen molar-refractivity contribution in [3.05, 3.63) is 24.3 Å². The number of hydrogen-bond donors (Lipinski definition) is 2. The molecule has 0 unspecified atom stereocenters. The fourth-order valence-electron chi connectivity index (χ4n) is 2.78. The van der Waals surface area contributed by atoms with Crippen LogP contribution in [-0.4, -0.2) is 66.6 Å². The number of piperazine rings is 1. The molecule has 6 nitrogen and oxygen atoms in total. The maximum Gasteiger partial charge on any atom is 0.319 e. The van der Waals surface area contributed by atoms with Gasteiger partial charge in [0, 0.05) is 45.0 Å². The van der Waals surface area contributed by atoms with E-state index in [4.69, 9.17) is 0 Å². The van der Waals surface area contributed by atoms with Crippen LogP contribution in [0.4, 0.5) is 14.9 Å². The van der Waals surface area contributed by atoms with E-state index in [2.05, 4.69) is 46.3 Å². The summed E-state index contributed by atoms with van der Waals surface area (Å²) in [7, 11) is 2.12. The minimum absolute atomic E-state index is 0.137. The molecular formula is C16H26FN5O. The second-order valence-corrected chi connectivity index (χ2v) is 6.34. The Kier molecular flexibility index (Phi) is 6.29. The maximum atomic E-state index is 13.5. The predicted octanol–water partition coefficient (Wildman–Crippen LogP) is 1.61. The number of anilines is 1. The molecule has 1 atom stereocenters. The zero-order valence-corrected chi connectivity index (χ0v) is 14.1. The van der Waals surface area contributed by atoms with E-state index in [-0.39, 0.29) is 11.7 Å². The van der Waals surface area contributed by atoms with Gasteiger partial charge in [-0.05, 0) is 19.0 Å². The highest BCUT2D eigenvalue weighted by atomic mass is 19.1. The van der Waals surface area contributed by atoms with Crippen LogP contribution in [0.5, 0.6) is 0 Å². The first-order valence-corrected chi connectivity index (χ1v) is 8.04. The lowest BCUT2D eigenvalue weighted by Crippen LogP contribution is -2.54. The molecule has 1 aromatic rings. The van der Waals surface area contributed by atoms with Crippen molar-refractivity contribution in [1.29, 1.82) is 0 Å². The first kappa shape index (κ1) is 17.6. The van der Waals surface area contributed by atoms with Gasteiger partial charge in [-0.15, -0.1) is 0 Å². The van der Waals surface area contributed by atoms with Gasteiger partial charge in [-0.1, -0.05) is 13.8 Å². The van der Waals surface area contributed by atoms with Gasteiger partial charge in [-0.2, -0.15) is 0 Å². The quantitative estimate of drug-likeness (QED) is 0.864. The monoisotopic (exact) mass is 323 g/mol. The van der Waals surface area contributed by atoms with Crippen molar-refractivity contribution >= 4 is 11.7 Å². The van der Waals surface area contributed by atoms with Crippen LogP contribution in [0.25, 0.3) is 0 Å². The lowest BCUT2D eigenvalue weighted by Gasteiger charge is -2.39. The third-order valence-corrected chi connectivity index (χ3v) is 4.27. The number of aromatic nitrogens is 1. The Labute approximate surface area is 137 Å². The average molecular weight is 323 g/mol. The van der Waals surface area contributed by atoms with Crippen LogP contribution in [0.3, 0.4) is 0 Å². The fraction of sp³-hybridized carbons (Fsp3) is 0.625. The number of nitrogens with zero attached hydrogens (tertiary/aromatic N) is 3. The molecule has 2 amide bonds. The molecule has 0 spiro atoms. The summed E-state index contributed by atoms with van der Waals surface area (Å²) in [6.07, 6.45) is 2.52. The number of carbonyl (C=O) groups is 1. The minimum Gasteiger partial charge on any atom is -0.336 e. The highest BCUT2D eigenvalue weighted by Gasteiger charge is 2.25. The van der Waals surface area contributed by atoms with Gasteiger partial charge in [-0.3, -0.25) is 9.88 Å². The van der Waals surface area contributed by atoms with Gasteiger partial charge in [0.05, 0.1) is 11.9 Å². The largest absolute Gasteiger partial charge is 0.336 e. The Morgan fingerprint density at radius 2 is 2.04 bits per heavy atom. The molecule has 2 N–H and O–H groups in total. The molecule has 1 saturated heterocycles. The molecular weight excluding hydrogens is 297 g/mol. The minimum atomic E-state index is -0.540. The van der Waals surface area contributed by atoms with E-state index in [9.17, 15) is 9.18 Å². The molecule has 2 heterocycles. The van der Waals surface area contributed by atoms with E-state index in [1.165, 1.54) is 12.3 Å². The van der Waals surface area contributed by atoms with E-state index >= 15 is 0 Å². The number of halogens is 1. The number of rotatable bonds is 5. The van der Waals surface area contributed by atoms with Crippen molar-refractivity contribution in [2.75, 3.05) is 45.1 Å². The standard InChI is InChI=1S/C16H26FN5O/c1-12(2)15(22-8-6-21(3)7-9-22)11-19-16(23)20-14-4-5-18-10-13(14)17/h4-5,10,12,15H,6-9,11H2,1-3H3,(H2,18,19,20,23)/t15-/m1/s1. The maximum absolute atomic E-state index is 13.5. The summed E-state index contributed by atoms with van der Waals surface area (Å²) >= 11 is 0. The lowest BCUT2D eigenvalue weighted by atomic mass is 10.0. The van der Waals surface area contributed by atoms with Crippen LogP contribution >= 0.6 is 0 Å². The molecule has 0 radical (unpaired) electrons. The number of nitrogens with one attached hydrogen (secondary N) is 2. The van der Waals surface area contributed by atoms with Gasteiger partial charge in [0.15, 0.2) is 5.82 Å². The van der Waals surface area contributed by atoms with Gasteiger partial charge in [0.25, 0.3) is 0 Å². The third kappa shape index (κ3) is 5.14. The molecule has 2 rings (SSSR count). The molecule has 1 aliphatic heterocycles. The van der Waals surface area contributed by atoms with Gasteiger partial charge < -0.3 is 15.5 Å². The molecule has 0 aliphatic carbocycles. The highest BCUT2D eigenvalue weighted by Crippen LogP contribution is 2.13. The Morgan fingerprint density at radius 3 is 2.65 bits per heavy atom. The number of urea groups is 1. The van der Waals surface area contributed by atoms with Gasteiger partial charge in [0.1, 0.15) is 0 Å². The Hall–Kier alpha value is -1.73. The molecule has 0 saturated carbocycles. The van der Waals surface area contributed by atoms with E-state index in [0.29, 0.717) is 12.5 Å². The van der Waals surface area contributed by atoms with Gasteiger partial charge in [-0.25, -0.2) is 9.18 Å². The molecule has 7 heteroatoms. The molecule has 0 bridgehead atoms. The zero-order chi connectivity index (χ0) is 16.8. The Balaban J connectivity index is 1.86. The van der Waals surface area contributed by atoms with Crippen LogP contribution in [0.15, 0.2) is 18.5 Å². The second-order valence-electron chi connectivity index (χ2n) is 6.34. The summed E-state index contributed by atoms with van der Waals surface area (Å²) in [5.74, 6) is -0.113. The number of carbonyl (C=O) groups excluding carboxylic acids is 1. The third-order valence-electron chi connectivity index (χ3n) is 4.27. The zero-order valence-electron chi connectivity index (χ0n) is 14.1. The van der Waals surface area contributed by atoms with E-state index < -0.39 is 11.8 Å². The van der Waals surface area contributed by atoms with Gasteiger partial charge >= 0.3 is 6.03 Å². The molecule has 1 aromatic heterocycles. The van der Waals surface area contributed by atoms with Crippen molar-refractivity contribution in [2.24, 2.45) is 5.92 Å². The van der Waals surface area contributed by atoms with Crippen LogP contribution in [0, 0.1) is 11.7 Å². The molecule has 1 aliphatic rings. The second kappa shape index (κ2) is 8.21. The van der Waals surface area contributed by atoms with Crippen molar-refractivity contribution < 1.29 is 9.18 Å². The fourth-order valence-corrected chi connectivity index (χ4v) is 2.78. The molecule has 128 valence electrons. The van der Waals surface area contributed by atoms with Crippen LogP contribution < -0.4 is 10.6 Å². The van der Waals surface area contributed by atoms with E-state index in [1.54, 1.807) is 0 Å². The first-order chi connectivity index (χ1) is 11.0. The summed E-state index contributed by atoms with van der Waals surface area (Å²) in [5.41, 5.74) is 0.137. The summed E-state index contributed by atoms with van der Waals surface area (Å²) < 4.78 is 13.5. The summed E-state index contributed by atoms with van der Waals surface area (Å²) in [4.78, 5) is 20.4. The van der Waals surface area contributed by atoms with Crippen LogP contribution in [-0.2, 0) is 0 Å². The highest BCUT2D eigenvalue weighted by molar-refractivity contribution is 5.89. The smallest absolute Gasteiger partial charge is 0.319 e. The van der Waals surface area contributed by atoms with Gasteiger partial charge in [0.2, 0.25) is 0 Å². The van der Waals surface area contributed by atoms with Crippen molar-refractivity contribution in [3.63, 3.8) is 0 Å². The molecule has 1 fully saturated rings.